The average molecular weight is 323 g/mol. The molecule has 122 valence electrons. The van der Waals surface area contributed by atoms with Gasteiger partial charge in [0.1, 0.15) is 0 Å². The number of nitrogens with one attached hydrogen (secondary N) is 1. The molecule has 3 rings (SSSR count). The highest BCUT2D eigenvalue weighted by Crippen LogP contribution is 2.39. The van der Waals surface area contributed by atoms with Gasteiger partial charge >= 0.3 is 0 Å². The number of rotatable bonds is 2. The highest BCUT2D eigenvalue weighted by molar-refractivity contribution is 5.85. The molecule has 1 amide bonds. The maximum Gasteiger partial charge on any atom is 0.226 e. The molecule has 1 spiro atoms. The maximum atomic E-state index is 12.4. The molecule has 0 aliphatic carbocycles. The predicted octanol–water partition coefficient (Wildman–Crippen LogP) is 2.95. The van der Waals surface area contributed by atoms with Crippen LogP contribution in [0.2, 0.25) is 0 Å². The minimum absolute atomic E-state index is 0. The van der Waals surface area contributed by atoms with Crippen molar-refractivity contribution >= 4 is 18.3 Å². The average Bonchev–Trinajstić information content (AvgIpc) is 2.51. The summed E-state index contributed by atoms with van der Waals surface area (Å²) in [4.78, 5) is 14.5. The third-order valence-corrected chi connectivity index (χ3v) is 5.32. The van der Waals surface area contributed by atoms with Crippen LogP contribution in [-0.2, 0) is 11.2 Å². The summed E-state index contributed by atoms with van der Waals surface area (Å²) in [6, 6.07) is 8.32. The Morgan fingerprint density at radius 2 is 1.68 bits per heavy atom. The summed E-state index contributed by atoms with van der Waals surface area (Å²) in [5.41, 5.74) is 2.90. The van der Waals surface area contributed by atoms with E-state index in [1.807, 2.05) is 0 Å². The normalized spacial score (nSPS) is 20.5. The third-order valence-electron chi connectivity index (χ3n) is 5.32. The summed E-state index contributed by atoms with van der Waals surface area (Å²) in [7, 11) is 0. The van der Waals surface area contributed by atoms with Crippen LogP contribution in [0, 0.1) is 12.3 Å². The Hall–Kier alpha value is -1.06. The zero-order valence-corrected chi connectivity index (χ0v) is 14.3. The fraction of sp³-hybridized carbons (Fsp3) is 0.611. The molecule has 0 saturated carbocycles. The first-order chi connectivity index (χ1) is 10.2. The summed E-state index contributed by atoms with van der Waals surface area (Å²) < 4.78 is 0. The highest BCUT2D eigenvalue weighted by atomic mass is 35.5. The van der Waals surface area contributed by atoms with Crippen LogP contribution in [0.3, 0.4) is 0 Å². The molecule has 2 saturated heterocycles. The lowest BCUT2D eigenvalue weighted by atomic mass is 9.71. The van der Waals surface area contributed by atoms with Crippen LogP contribution in [0.15, 0.2) is 24.3 Å². The fourth-order valence-corrected chi connectivity index (χ4v) is 3.68. The molecule has 3 nitrogen and oxygen atoms in total. The molecule has 0 atom stereocenters. The summed E-state index contributed by atoms with van der Waals surface area (Å²) in [6.45, 7) is 6.28. The first-order valence-corrected chi connectivity index (χ1v) is 8.21. The van der Waals surface area contributed by atoms with Crippen LogP contribution in [0.4, 0.5) is 0 Å². The minimum atomic E-state index is 0. The molecule has 0 aromatic heterocycles. The molecule has 2 aliphatic heterocycles. The van der Waals surface area contributed by atoms with Gasteiger partial charge in [-0.3, -0.25) is 4.79 Å². The highest BCUT2D eigenvalue weighted by Gasteiger charge is 2.36. The Morgan fingerprint density at radius 1 is 1.09 bits per heavy atom. The van der Waals surface area contributed by atoms with Gasteiger partial charge in [0, 0.05) is 13.1 Å². The number of nitrogens with zero attached hydrogens (tertiary/aromatic N) is 1. The van der Waals surface area contributed by atoms with Gasteiger partial charge in [-0.15, -0.1) is 12.4 Å². The molecule has 0 unspecified atom stereocenters. The zero-order valence-electron chi connectivity index (χ0n) is 13.4. The van der Waals surface area contributed by atoms with Gasteiger partial charge in [-0.25, -0.2) is 0 Å². The SMILES string of the molecule is Cc1ccc(CC(=O)N2CCC3(CCNCC3)CC2)cc1.Cl. The Morgan fingerprint density at radius 3 is 2.27 bits per heavy atom. The van der Waals surface area contributed by atoms with Crippen LogP contribution in [0.1, 0.15) is 36.8 Å². The van der Waals surface area contributed by atoms with Crippen LogP contribution in [-0.4, -0.2) is 37.0 Å². The van der Waals surface area contributed by atoms with E-state index < -0.39 is 0 Å². The molecule has 1 aromatic rings. The summed E-state index contributed by atoms with van der Waals surface area (Å²) >= 11 is 0. The maximum absolute atomic E-state index is 12.4. The second kappa shape index (κ2) is 7.47. The van der Waals surface area contributed by atoms with Crippen molar-refractivity contribution in [2.75, 3.05) is 26.2 Å². The van der Waals surface area contributed by atoms with Crippen molar-refractivity contribution in [2.45, 2.75) is 39.0 Å². The monoisotopic (exact) mass is 322 g/mol. The second-order valence-electron chi connectivity index (χ2n) is 6.79. The Labute approximate surface area is 139 Å². The molecule has 0 bridgehead atoms. The van der Waals surface area contributed by atoms with Gasteiger partial charge < -0.3 is 10.2 Å². The molecular formula is C18H27ClN2O. The third kappa shape index (κ3) is 4.02. The predicted molar refractivity (Wildman–Crippen MR) is 92.5 cm³/mol. The van der Waals surface area contributed by atoms with Crippen LogP contribution >= 0.6 is 12.4 Å². The van der Waals surface area contributed by atoms with Gasteiger partial charge in [-0.05, 0) is 56.7 Å². The van der Waals surface area contributed by atoms with Gasteiger partial charge in [-0.2, -0.15) is 0 Å². The van der Waals surface area contributed by atoms with Crippen LogP contribution in [0.25, 0.3) is 0 Å². The van der Waals surface area contributed by atoms with Crippen molar-refractivity contribution in [3.63, 3.8) is 0 Å². The molecule has 1 N–H and O–H groups in total. The van der Waals surface area contributed by atoms with E-state index >= 15 is 0 Å². The molecule has 2 heterocycles. The molecule has 22 heavy (non-hydrogen) atoms. The standard InChI is InChI=1S/C18H26N2O.ClH/c1-15-2-4-16(5-3-15)14-17(21)20-12-8-18(9-13-20)6-10-19-11-7-18;/h2-5,19H,6-14H2,1H3;1H. The Balaban J connectivity index is 0.00000176. The second-order valence-corrected chi connectivity index (χ2v) is 6.79. The zero-order chi connectivity index (χ0) is 14.7. The van der Waals surface area contributed by atoms with Gasteiger partial charge in [0.05, 0.1) is 6.42 Å². The van der Waals surface area contributed by atoms with Crippen molar-refractivity contribution in [2.24, 2.45) is 5.41 Å². The van der Waals surface area contributed by atoms with Crippen LogP contribution in [0.5, 0.6) is 0 Å². The number of hydrogen-bond donors (Lipinski definition) is 1. The van der Waals surface area contributed by atoms with E-state index in [1.54, 1.807) is 0 Å². The number of carbonyl (C=O) groups is 1. The number of halogens is 1. The number of likely N-dealkylation sites (tertiary alicyclic amines) is 1. The fourth-order valence-electron chi connectivity index (χ4n) is 3.68. The number of benzene rings is 1. The van der Waals surface area contributed by atoms with E-state index in [0.717, 1.165) is 31.7 Å². The van der Waals surface area contributed by atoms with Gasteiger partial charge in [0.2, 0.25) is 5.91 Å². The lowest BCUT2D eigenvalue weighted by molar-refractivity contribution is -0.133. The number of hydrogen-bond acceptors (Lipinski definition) is 2. The van der Waals surface area contributed by atoms with E-state index in [-0.39, 0.29) is 12.4 Å². The quantitative estimate of drug-likeness (QED) is 0.908. The smallest absolute Gasteiger partial charge is 0.226 e. The van der Waals surface area contributed by atoms with Gasteiger partial charge in [-0.1, -0.05) is 29.8 Å². The van der Waals surface area contributed by atoms with Crippen molar-refractivity contribution in [3.05, 3.63) is 35.4 Å². The summed E-state index contributed by atoms with van der Waals surface area (Å²) in [6.07, 6.45) is 5.50. The lowest BCUT2D eigenvalue weighted by Crippen LogP contribution is -2.47. The van der Waals surface area contributed by atoms with Crippen LogP contribution < -0.4 is 5.32 Å². The van der Waals surface area contributed by atoms with E-state index in [2.05, 4.69) is 41.4 Å². The Bertz CT molecular complexity index is 484. The van der Waals surface area contributed by atoms with Crippen molar-refractivity contribution in [1.29, 1.82) is 0 Å². The number of carbonyl (C=O) groups excluding carboxylic acids is 1. The number of aryl methyl sites for hydroxylation is 1. The van der Waals surface area contributed by atoms with E-state index in [4.69, 9.17) is 0 Å². The molecule has 2 aliphatic rings. The lowest BCUT2D eigenvalue weighted by Gasteiger charge is -2.44. The first kappa shape index (κ1) is 17.3. The number of amides is 1. The van der Waals surface area contributed by atoms with Crippen molar-refractivity contribution in [1.82, 2.24) is 10.2 Å². The van der Waals surface area contributed by atoms with Gasteiger partial charge in [0.25, 0.3) is 0 Å². The van der Waals surface area contributed by atoms with E-state index in [9.17, 15) is 4.79 Å². The number of piperidine rings is 2. The largest absolute Gasteiger partial charge is 0.342 e. The first-order valence-electron chi connectivity index (χ1n) is 8.21. The summed E-state index contributed by atoms with van der Waals surface area (Å²) in [5, 5.41) is 3.45. The minimum Gasteiger partial charge on any atom is -0.342 e. The van der Waals surface area contributed by atoms with E-state index in [1.165, 1.54) is 31.2 Å². The Kier molecular flexibility index (Phi) is 5.87. The van der Waals surface area contributed by atoms with Crippen molar-refractivity contribution in [3.8, 4) is 0 Å². The molecular weight excluding hydrogens is 296 g/mol. The van der Waals surface area contributed by atoms with Gasteiger partial charge in [0.15, 0.2) is 0 Å². The topological polar surface area (TPSA) is 32.3 Å². The van der Waals surface area contributed by atoms with E-state index in [0.29, 0.717) is 17.7 Å². The molecule has 0 radical (unpaired) electrons. The summed E-state index contributed by atoms with van der Waals surface area (Å²) in [5.74, 6) is 0.294. The molecule has 2 fully saturated rings. The molecule has 1 aromatic carbocycles. The molecule has 4 heteroatoms. The van der Waals surface area contributed by atoms with Crippen molar-refractivity contribution < 1.29 is 4.79 Å².